The SMILES string of the molecule is C=CCOc1c(Br)cc(C=C2C(=O)NC(=O)N(c3ccc(F)cc3)C2=O)cc1OC. The Morgan fingerprint density at radius 3 is 2.53 bits per heavy atom. The Morgan fingerprint density at radius 2 is 1.90 bits per heavy atom. The summed E-state index contributed by atoms with van der Waals surface area (Å²) in [5.74, 6) is -1.40. The molecule has 2 aromatic carbocycles. The van der Waals surface area contributed by atoms with E-state index in [4.69, 9.17) is 9.47 Å². The van der Waals surface area contributed by atoms with Crippen LogP contribution in [0.4, 0.5) is 14.9 Å². The summed E-state index contributed by atoms with van der Waals surface area (Å²) in [6.45, 7) is 3.84. The summed E-state index contributed by atoms with van der Waals surface area (Å²) in [5, 5.41) is 2.11. The van der Waals surface area contributed by atoms with E-state index in [1.807, 2.05) is 0 Å². The van der Waals surface area contributed by atoms with Crippen LogP contribution in [0, 0.1) is 5.82 Å². The second kappa shape index (κ2) is 8.91. The van der Waals surface area contributed by atoms with Crippen molar-refractivity contribution in [3.05, 3.63) is 70.5 Å². The van der Waals surface area contributed by atoms with Gasteiger partial charge in [-0.25, -0.2) is 14.1 Å². The number of benzene rings is 2. The van der Waals surface area contributed by atoms with Gasteiger partial charge in [-0.3, -0.25) is 14.9 Å². The van der Waals surface area contributed by atoms with Crippen LogP contribution in [0.2, 0.25) is 0 Å². The quantitative estimate of drug-likeness (QED) is 0.390. The van der Waals surface area contributed by atoms with Crippen molar-refractivity contribution < 1.29 is 28.2 Å². The molecule has 0 aromatic heterocycles. The fraction of sp³-hybridized carbons (Fsp3) is 0.0952. The number of anilines is 1. The van der Waals surface area contributed by atoms with Crippen LogP contribution in [-0.2, 0) is 9.59 Å². The molecular weight excluding hydrogens is 459 g/mol. The van der Waals surface area contributed by atoms with Crippen molar-refractivity contribution >= 4 is 45.5 Å². The summed E-state index contributed by atoms with van der Waals surface area (Å²) in [4.78, 5) is 38.2. The second-order valence-electron chi connectivity index (χ2n) is 6.07. The minimum atomic E-state index is -0.916. The van der Waals surface area contributed by atoms with E-state index in [0.717, 1.165) is 17.0 Å². The van der Waals surface area contributed by atoms with Crippen LogP contribution in [0.25, 0.3) is 6.08 Å². The number of rotatable bonds is 6. The predicted molar refractivity (Wildman–Crippen MR) is 112 cm³/mol. The standard InChI is InChI=1S/C21H16BrFN2O5/c1-3-8-30-18-16(22)10-12(11-17(18)29-2)9-15-19(26)24-21(28)25(20(15)27)14-6-4-13(23)5-7-14/h3-7,9-11H,1,8H2,2H3,(H,24,26,28). The molecule has 30 heavy (non-hydrogen) atoms. The molecule has 0 spiro atoms. The highest BCUT2D eigenvalue weighted by Gasteiger charge is 2.36. The lowest BCUT2D eigenvalue weighted by molar-refractivity contribution is -0.122. The molecular formula is C21H16BrFN2O5. The van der Waals surface area contributed by atoms with Gasteiger partial charge >= 0.3 is 6.03 Å². The van der Waals surface area contributed by atoms with Crippen molar-refractivity contribution in [3.63, 3.8) is 0 Å². The predicted octanol–water partition coefficient (Wildman–Crippen LogP) is 3.83. The molecule has 1 N–H and O–H groups in total. The van der Waals surface area contributed by atoms with E-state index >= 15 is 0 Å². The normalized spacial score (nSPS) is 15.2. The molecule has 0 aliphatic carbocycles. The van der Waals surface area contributed by atoms with Crippen molar-refractivity contribution in [2.24, 2.45) is 0 Å². The van der Waals surface area contributed by atoms with E-state index in [9.17, 15) is 18.8 Å². The third-order valence-corrected chi connectivity index (χ3v) is 4.68. The summed E-state index contributed by atoms with van der Waals surface area (Å²) < 4.78 is 24.6. The number of ether oxygens (including phenoxy) is 2. The van der Waals surface area contributed by atoms with Crippen molar-refractivity contribution in [2.75, 3.05) is 18.6 Å². The Labute approximate surface area is 179 Å². The molecule has 1 heterocycles. The molecule has 9 heteroatoms. The van der Waals surface area contributed by atoms with Crippen molar-refractivity contribution in [3.8, 4) is 11.5 Å². The van der Waals surface area contributed by atoms with Gasteiger partial charge in [0.15, 0.2) is 11.5 Å². The molecule has 0 radical (unpaired) electrons. The Bertz CT molecular complexity index is 1070. The smallest absolute Gasteiger partial charge is 0.335 e. The van der Waals surface area contributed by atoms with Gasteiger partial charge in [-0.1, -0.05) is 12.7 Å². The summed E-state index contributed by atoms with van der Waals surface area (Å²) in [5.41, 5.74) is 0.313. The summed E-state index contributed by atoms with van der Waals surface area (Å²) in [6.07, 6.45) is 2.90. The average molecular weight is 475 g/mol. The monoisotopic (exact) mass is 474 g/mol. The molecule has 0 saturated carbocycles. The number of urea groups is 1. The van der Waals surface area contributed by atoms with E-state index in [2.05, 4.69) is 27.8 Å². The first-order chi connectivity index (χ1) is 14.3. The first-order valence-corrected chi connectivity index (χ1v) is 9.43. The number of hydrogen-bond acceptors (Lipinski definition) is 5. The van der Waals surface area contributed by atoms with Crippen LogP contribution in [-0.4, -0.2) is 31.6 Å². The second-order valence-corrected chi connectivity index (χ2v) is 6.92. The van der Waals surface area contributed by atoms with Crippen LogP contribution in [0.15, 0.2) is 59.1 Å². The minimum Gasteiger partial charge on any atom is -0.493 e. The topological polar surface area (TPSA) is 84.9 Å². The molecule has 1 aliphatic rings. The number of carbonyl (C=O) groups is 3. The Balaban J connectivity index is 2.01. The molecule has 3 rings (SSSR count). The summed E-state index contributed by atoms with van der Waals surface area (Å²) in [6, 6.07) is 7.06. The number of nitrogens with zero attached hydrogens (tertiary/aromatic N) is 1. The van der Waals surface area contributed by atoms with Crippen LogP contribution in [0.3, 0.4) is 0 Å². The molecule has 4 amide bonds. The lowest BCUT2D eigenvalue weighted by atomic mass is 10.1. The molecule has 0 atom stereocenters. The Kier molecular flexibility index (Phi) is 6.31. The highest BCUT2D eigenvalue weighted by Crippen LogP contribution is 2.37. The fourth-order valence-electron chi connectivity index (χ4n) is 2.75. The Morgan fingerprint density at radius 1 is 1.20 bits per heavy atom. The average Bonchev–Trinajstić information content (AvgIpc) is 2.71. The number of amides is 4. The number of nitrogens with one attached hydrogen (secondary N) is 1. The molecule has 0 bridgehead atoms. The zero-order valence-electron chi connectivity index (χ0n) is 15.8. The van der Waals surface area contributed by atoms with Gasteiger partial charge in [-0.05, 0) is 64.0 Å². The number of halogens is 2. The largest absolute Gasteiger partial charge is 0.493 e. The molecule has 1 saturated heterocycles. The molecule has 7 nitrogen and oxygen atoms in total. The van der Waals surface area contributed by atoms with Crippen molar-refractivity contribution in [1.82, 2.24) is 5.32 Å². The fourth-order valence-corrected chi connectivity index (χ4v) is 3.33. The molecule has 0 unspecified atom stereocenters. The summed E-state index contributed by atoms with van der Waals surface area (Å²) in [7, 11) is 1.45. The molecule has 2 aromatic rings. The number of methoxy groups -OCH3 is 1. The van der Waals surface area contributed by atoms with Crippen LogP contribution >= 0.6 is 15.9 Å². The summed E-state index contributed by atoms with van der Waals surface area (Å²) >= 11 is 3.37. The third kappa shape index (κ3) is 4.25. The van der Waals surface area contributed by atoms with Crippen molar-refractivity contribution in [2.45, 2.75) is 0 Å². The highest BCUT2D eigenvalue weighted by atomic mass is 79.9. The van der Waals surface area contributed by atoms with E-state index in [0.29, 0.717) is 21.5 Å². The Hall–Kier alpha value is -3.46. The van der Waals surface area contributed by atoms with Gasteiger partial charge in [0.2, 0.25) is 0 Å². The lowest BCUT2D eigenvalue weighted by Crippen LogP contribution is -2.54. The van der Waals surface area contributed by atoms with E-state index in [1.54, 1.807) is 18.2 Å². The molecule has 1 fully saturated rings. The van der Waals surface area contributed by atoms with Crippen LogP contribution < -0.4 is 19.7 Å². The zero-order valence-corrected chi connectivity index (χ0v) is 17.4. The maximum Gasteiger partial charge on any atom is 0.335 e. The number of carbonyl (C=O) groups excluding carboxylic acids is 3. The van der Waals surface area contributed by atoms with Gasteiger partial charge < -0.3 is 9.47 Å². The van der Waals surface area contributed by atoms with E-state index in [1.165, 1.54) is 25.3 Å². The highest BCUT2D eigenvalue weighted by molar-refractivity contribution is 9.10. The van der Waals surface area contributed by atoms with Gasteiger partial charge in [0, 0.05) is 0 Å². The maximum absolute atomic E-state index is 13.2. The van der Waals surface area contributed by atoms with Crippen molar-refractivity contribution in [1.29, 1.82) is 0 Å². The molecule has 154 valence electrons. The first kappa shape index (κ1) is 21.3. The van der Waals surface area contributed by atoms with Gasteiger partial charge in [0.1, 0.15) is 18.0 Å². The number of hydrogen-bond donors (Lipinski definition) is 1. The third-order valence-electron chi connectivity index (χ3n) is 4.09. The number of imide groups is 2. The first-order valence-electron chi connectivity index (χ1n) is 8.64. The maximum atomic E-state index is 13.2. The van der Waals surface area contributed by atoms with Crippen LogP contribution in [0.1, 0.15) is 5.56 Å². The number of barbiturate groups is 1. The zero-order chi connectivity index (χ0) is 21.8. The minimum absolute atomic E-state index is 0.129. The van der Waals surface area contributed by atoms with Gasteiger partial charge in [-0.15, -0.1) is 0 Å². The van der Waals surface area contributed by atoms with Crippen LogP contribution in [0.5, 0.6) is 11.5 Å². The molecule has 1 aliphatic heterocycles. The van der Waals surface area contributed by atoms with Gasteiger partial charge in [-0.2, -0.15) is 0 Å². The van der Waals surface area contributed by atoms with Gasteiger partial charge in [0.25, 0.3) is 11.8 Å². The van der Waals surface area contributed by atoms with E-state index < -0.39 is 23.7 Å². The van der Waals surface area contributed by atoms with Gasteiger partial charge in [0.05, 0.1) is 17.3 Å². The van der Waals surface area contributed by atoms with E-state index in [-0.39, 0.29) is 17.9 Å². The lowest BCUT2D eigenvalue weighted by Gasteiger charge is -2.26.